The van der Waals surface area contributed by atoms with Crippen molar-refractivity contribution in [3.63, 3.8) is 0 Å². The van der Waals surface area contributed by atoms with Crippen LogP contribution in [0.15, 0.2) is 30.5 Å². The van der Waals surface area contributed by atoms with E-state index in [0.29, 0.717) is 19.4 Å². The molecule has 0 amide bonds. The summed E-state index contributed by atoms with van der Waals surface area (Å²) in [5.41, 5.74) is 2.66. The molecule has 20 heavy (non-hydrogen) atoms. The van der Waals surface area contributed by atoms with Crippen molar-refractivity contribution in [3.8, 4) is 0 Å². The molecule has 0 saturated carbocycles. The van der Waals surface area contributed by atoms with Crippen LogP contribution >= 0.6 is 0 Å². The van der Waals surface area contributed by atoms with Crippen LogP contribution in [0, 0.1) is 0 Å². The highest BCUT2D eigenvalue weighted by molar-refractivity contribution is 7.91. The van der Waals surface area contributed by atoms with Gasteiger partial charge in [0.15, 0.2) is 0 Å². The van der Waals surface area contributed by atoms with Gasteiger partial charge in [-0.2, -0.15) is 0 Å². The van der Waals surface area contributed by atoms with E-state index in [1.807, 2.05) is 24.3 Å². The number of fused-ring (bicyclic) bond motifs is 1. The van der Waals surface area contributed by atoms with Gasteiger partial charge in [-0.3, -0.25) is 4.98 Å². The summed E-state index contributed by atoms with van der Waals surface area (Å²) in [5, 5.41) is 3.37. The Bertz CT molecular complexity index is 701. The van der Waals surface area contributed by atoms with Gasteiger partial charge < -0.3 is 5.32 Å². The Labute approximate surface area is 118 Å². The van der Waals surface area contributed by atoms with Crippen molar-refractivity contribution in [3.05, 3.63) is 36.2 Å². The number of sulfone groups is 1. The fourth-order valence-corrected chi connectivity index (χ4v) is 3.92. The van der Waals surface area contributed by atoms with E-state index in [-0.39, 0.29) is 17.5 Å². The minimum absolute atomic E-state index is 0.256. The average molecular weight is 291 g/mol. The fraction of sp³-hybridized carbons (Fsp3) is 0.429. The smallest absolute Gasteiger partial charge is 0.150 e. The Hall–Kier alpha value is -1.53. The van der Waals surface area contributed by atoms with E-state index < -0.39 is 9.84 Å². The largest absolute Gasteiger partial charge is 0.308 e. The number of aromatic nitrogens is 2. The monoisotopic (exact) mass is 291 g/mol. The molecule has 1 aromatic heterocycles. The minimum Gasteiger partial charge on any atom is -0.308 e. The predicted molar refractivity (Wildman–Crippen MR) is 78.1 cm³/mol. The van der Waals surface area contributed by atoms with E-state index >= 15 is 0 Å². The summed E-state index contributed by atoms with van der Waals surface area (Å²) in [5.74, 6) is 0.572. The molecule has 6 heteroatoms. The van der Waals surface area contributed by atoms with Crippen LogP contribution in [0.2, 0.25) is 0 Å². The van der Waals surface area contributed by atoms with Gasteiger partial charge >= 0.3 is 0 Å². The maximum absolute atomic E-state index is 11.4. The standard InChI is InChI=1S/C14H17N3O2S/c18-20(19)7-5-11(6-8-20)15-9-12-10-16-13-3-1-2-4-14(13)17-12/h1-4,10-11,15H,5-9H2. The minimum atomic E-state index is -2.80. The Morgan fingerprint density at radius 1 is 1.15 bits per heavy atom. The first-order valence-corrected chi connectivity index (χ1v) is 8.59. The molecule has 1 aliphatic heterocycles. The third kappa shape index (κ3) is 3.13. The van der Waals surface area contributed by atoms with E-state index in [2.05, 4.69) is 15.3 Å². The summed E-state index contributed by atoms with van der Waals surface area (Å²) in [6.45, 7) is 0.628. The van der Waals surface area contributed by atoms with Gasteiger partial charge in [0, 0.05) is 12.6 Å². The number of para-hydroxylation sites is 2. The van der Waals surface area contributed by atoms with Gasteiger partial charge in [0.2, 0.25) is 0 Å². The van der Waals surface area contributed by atoms with Crippen LogP contribution in [-0.2, 0) is 16.4 Å². The van der Waals surface area contributed by atoms with Gasteiger partial charge in [-0.25, -0.2) is 13.4 Å². The lowest BCUT2D eigenvalue weighted by Gasteiger charge is -2.22. The normalized spacial score (nSPS) is 19.2. The lowest BCUT2D eigenvalue weighted by Crippen LogP contribution is -2.37. The molecule has 0 atom stereocenters. The third-order valence-corrected chi connectivity index (χ3v) is 5.34. The Morgan fingerprint density at radius 3 is 2.60 bits per heavy atom. The van der Waals surface area contributed by atoms with Crippen LogP contribution in [0.25, 0.3) is 11.0 Å². The zero-order valence-corrected chi connectivity index (χ0v) is 11.9. The van der Waals surface area contributed by atoms with Crippen molar-refractivity contribution in [1.29, 1.82) is 0 Å². The summed E-state index contributed by atoms with van der Waals surface area (Å²) in [4.78, 5) is 8.91. The van der Waals surface area contributed by atoms with E-state index in [1.165, 1.54) is 0 Å². The molecule has 0 bridgehead atoms. The second kappa shape index (κ2) is 5.46. The molecule has 0 unspecified atom stereocenters. The molecule has 3 rings (SSSR count). The molecule has 0 spiro atoms. The van der Waals surface area contributed by atoms with E-state index in [4.69, 9.17) is 0 Å². The van der Waals surface area contributed by atoms with Crippen LogP contribution in [0.5, 0.6) is 0 Å². The van der Waals surface area contributed by atoms with Gasteiger partial charge in [0.05, 0.1) is 34.4 Å². The molecule has 1 aliphatic rings. The molecule has 2 heterocycles. The molecule has 1 saturated heterocycles. The maximum atomic E-state index is 11.4. The van der Waals surface area contributed by atoms with Gasteiger partial charge in [0.1, 0.15) is 9.84 Å². The molecule has 1 fully saturated rings. The van der Waals surface area contributed by atoms with Crippen LogP contribution in [-0.4, -0.2) is 35.9 Å². The highest BCUT2D eigenvalue weighted by Crippen LogP contribution is 2.13. The van der Waals surface area contributed by atoms with Crippen molar-refractivity contribution in [2.45, 2.75) is 25.4 Å². The average Bonchev–Trinajstić information content (AvgIpc) is 2.46. The van der Waals surface area contributed by atoms with Crippen LogP contribution in [0.3, 0.4) is 0 Å². The Balaban J connectivity index is 1.63. The van der Waals surface area contributed by atoms with Crippen molar-refractivity contribution in [1.82, 2.24) is 15.3 Å². The van der Waals surface area contributed by atoms with Crippen LogP contribution < -0.4 is 5.32 Å². The van der Waals surface area contributed by atoms with Gasteiger partial charge in [-0.15, -0.1) is 0 Å². The molecule has 106 valence electrons. The number of nitrogens with zero attached hydrogens (tertiary/aromatic N) is 2. The SMILES string of the molecule is O=S1(=O)CCC(NCc2cnc3ccccc3n2)CC1. The van der Waals surface area contributed by atoms with Gasteiger partial charge in [-0.1, -0.05) is 12.1 Å². The summed E-state index contributed by atoms with van der Waals surface area (Å²) >= 11 is 0. The first-order chi connectivity index (χ1) is 9.62. The second-order valence-corrected chi connectivity index (χ2v) is 7.46. The Kier molecular flexibility index (Phi) is 3.67. The summed E-state index contributed by atoms with van der Waals surface area (Å²) in [6.07, 6.45) is 3.14. The zero-order chi connectivity index (χ0) is 14.0. The molecule has 1 N–H and O–H groups in total. The quantitative estimate of drug-likeness (QED) is 0.923. The van der Waals surface area contributed by atoms with E-state index in [0.717, 1.165) is 16.7 Å². The van der Waals surface area contributed by atoms with Crippen molar-refractivity contribution in [2.75, 3.05) is 11.5 Å². The highest BCUT2D eigenvalue weighted by atomic mass is 32.2. The lowest BCUT2D eigenvalue weighted by molar-refractivity contribution is 0.460. The first kappa shape index (κ1) is 13.5. The summed E-state index contributed by atoms with van der Waals surface area (Å²) in [6, 6.07) is 8.02. The van der Waals surface area contributed by atoms with Crippen LogP contribution in [0.1, 0.15) is 18.5 Å². The first-order valence-electron chi connectivity index (χ1n) is 6.77. The number of benzene rings is 1. The third-order valence-electron chi connectivity index (χ3n) is 3.62. The van der Waals surface area contributed by atoms with Crippen molar-refractivity contribution < 1.29 is 8.42 Å². The molecule has 0 aliphatic carbocycles. The van der Waals surface area contributed by atoms with Gasteiger partial charge in [0.25, 0.3) is 0 Å². The summed E-state index contributed by atoms with van der Waals surface area (Å²) in [7, 11) is -2.80. The number of hydrogen-bond donors (Lipinski definition) is 1. The number of nitrogens with one attached hydrogen (secondary N) is 1. The molecular formula is C14H17N3O2S. The topological polar surface area (TPSA) is 72.0 Å². The van der Waals surface area contributed by atoms with Gasteiger partial charge in [-0.05, 0) is 25.0 Å². The van der Waals surface area contributed by atoms with Crippen molar-refractivity contribution in [2.24, 2.45) is 0 Å². The van der Waals surface area contributed by atoms with Crippen molar-refractivity contribution >= 4 is 20.9 Å². The Morgan fingerprint density at radius 2 is 1.85 bits per heavy atom. The van der Waals surface area contributed by atoms with E-state index in [9.17, 15) is 8.42 Å². The molecule has 0 radical (unpaired) electrons. The highest BCUT2D eigenvalue weighted by Gasteiger charge is 2.23. The zero-order valence-electron chi connectivity index (χ0n) is 11.1. The number of rotatable bonds is 3. The molecule has 1 aromatic carbocycles. The number of hydrogen-bond acceptors (Lipinski definition) is 5. The lowest BCUT2D eigenvalue weighted by atomic mass is 10.1. The second-order valence-electron chi connectivity index (χ2n) is 5.16. The maximum Gasteiger partial charge on any atom is 0.150 e. The predicted octanol–water partition coefficient (Wildman–Crippen LogP) is 1.30. The fourth-order valence-electron chi connectivity index (χ4n) is 2.42. The molecule has 2 aromatic rings. The molecular weight excluding hydrogens is 274 g/mol. The van der Waals surface area contributed by atoms with Crippen LogP contribution in [0.4, 0.5) is 0 Å². The van der Waals surface area contributed by atoms with E-state index in [1.54, 1.807) is 6.20 Å². The summed E-state index contributed by atoms with van der Waals surface area (Å²) < 4.78 is 22.7. The molecule has 5 nitrogen and oxygen atoms in total.